The van der Waals surface area contributed by atoms with Crippen molar-refractivity contribution in [2.24, 2.45) is 0 Å². The molecule has 3 aromatic rings. The van der Waals surface area contributed by atoms with Gasteiger partial charge in [0, 0.05) is 12.6 Å². The topological polar surface area (TPSA) is 81.5 Å². The van der Waals surface area contributed by atoms with Crippen LogP contribution in [0, 0.1) is 0 Å². The lowest BCUT2D eigenvalue weighted by Crippen LogP contribution is -2.32. The van der Waals surface area contributed by atoms with E-state index in [4.69, 9.17) is 18.6 Å². The zero-order valence-electron chi connectivity index (χ0n) is 21.6. The van der Waals surface area contributed by atoms with Gasteiger partial charge in [0.1, 0.15) is 11.3 Å². The van der Waals surface area contributed by atoms with Crippen LogP contribution in [0.1, 0.15) is 54.9 Å². The van der Waals surface area contributed by atoms with Gasteiger partial charge < -0.3 is 28.4 Å². The Morgan fingerprint density at radius 3 is 2.33 bits per heavy atom. The Morgan fingerprint density at radius 2 is 1.64 bits per heavy atom. The molecule has 2 aromatic carbocycles. The van der Waals surface area contributed by atoms with Crippen molar-refractivity contribution in [1.82, 2.24) is 9.80 Å². The normalized spacial score (nSPS) is 15.0. The second kappa shape index (κ2) is 11.0. The standard InChI is InChI=1S/C28H34N2O6/c1-6-33-19-11-12-20-22(17-19)36-27-24(26(20)31)25(30(28(27)32)15-9-14-29(4)5)18-10-13-21(34-7-2)23(16-18)35-8-3/h10-13,16-17,25H,6-9,14-15H2,1-5H3. The molecule has 1 aliphatic heterocycles. The minimum Gasteiger partial charge on any atom is -0.494 e. The molecule has 0 spiro atoms. The number of hydrogen-bond donors (Lipinski definition) is 0. The van der Waals surface area contributed by atoms with Gasteiger partial charge in [0.15, 0.2) is 16.9 Å². The van der Waals surface area contributed by atoms with Crippen molar-refractivity contribution in [3.63, 3.8) is 0 Å². The minimum absolute atomic E-state index is 0.0860. The molecule has 8 heteroatoms. The molecule has 36 heavy (non-hydrogen) atoms. The molecule has 0 aliphatic carbocycles. The molecule has 0 saturated carbocycles. The molecule has 0 bridgehead atoms. The molecule has 0 radical (unpaired) electrons. The third-order valence-electron chi connectivity index (χ3n) is 6.14. The molecule has 1 amide bonds. The summed E-state index contributed by atoms with van der Waals surface area (Å²) in [5.41, 5.74) is 1.26. The van der Waals surface area contributed by atoms with E-state index in [1.807, 2.05) is 53.1 Å². The van der Waals surface area contributed by atoms with Gasteiger partial charge in [0.25, 0.3) is 5.91 Å². The maximum absolute atomic E-state index is 13.8. The summed E-state index contributed by atoms with van der Waals surface area (Å²) in [6.07, 6.45) is 0.751. The molecule has 192 valence electrons. The van der Waals surface area contributed by atoms with E-state index in [2.05, 4.69) is 4.90 Å². The van der Waals surface area contributed by atoms with E-state index in [1.54, 1.807) is 23.1 Å². The van der Waals surface area contributed by atoms with Crippen LogP contribution in [-0.4, -0.2) is 62.7 Å². The summed E-state index contributed by atoms with van der Waals surface area (Å²) in [7, 11) is 3.99. The van der Waals surface area contributed by atoms with E-state index < -0.39 is 6.04 Å². The van der Waals surface area contributed by atoms with Crippen LogP contribution in [0.2, 0.25) is 0 Å². The number of rotatable bonds is 11. The first kappa shape index (κ1) is 25.6. The van der Waals surface area contributed by atoms with Crippen LogP contribution in [0.4, 0.5) is 0 Å². The van der Waals surface area contributed by atoms with Gasteiger partial charge in [-0.05, 0) is 77.7 Å². The summed E-state index contributed by atoms with van der Waals surface area (Å²) in [5, 5.41) is 0.418. The summed E-state index contributed by atoms with van der Waals surface area (Å²) >= 11 is 0. The number of benzene rings is 2. The zero-order valence-corrected chi connectivity index (χ0v) is 21.6. The maximum atomic E-state index is 13.8. The average molecular weight is 495 g/mol. The van der Waals surface area contributed by atoms with Crippen LogP contribution in [0.5, 0.6) is 17.2 Å². The van der Waals surface area contributed by atoms with Gasteiger partial charge in [-0.25, -0.2) is 0 Å². The summed E-state index contributed by atoms with van der Waals surface area (Å²) in [6.45, 7) is 8.43. The highest BCUT2D eigenvalue weighted by Crippen LogP contribution is 2.41. The van der Waals surface area contributed by atoms with E-state index in [0.717, 1.165) is 18.5 Å². The quantitative estimate of drug-likeness (QED) is 0.389. The number of carbonyl (C=O) groups is 1. The molecule has 1 aromatic heterocycles. The monoisotopic (exact) mass is 494 g/mol. The van der Waals surface area contributed by atoms with Gasteiger partial charge in [-0.2, -0.15) is 0 Å². The largest absolute Gasteiger partial charge is 0.494 e. The van der Waals surface area contributed by atoms with Crippen LogP contribution in [0.15, 0.2) is 45.6 Å². The van der Waals surface area contributed by atoms with Crippen molar-refractivity contribution in [2.45, 2.75) is 33.2 Å². The van der Waals surface area contributed by atoms with E-state index in [-0.39, 0.29) is 17.1 Å². The smallest absolute Gasteiger partial charge is 0.290 e. The predicted octanol–water partition coefficient (Wildman–Crippen LogP) is 4.49. The second-order valence-corrected chi connectivity index (χ2v) is 8.90. The first-order valence-corrected chi connectivity index (χ1v) is 12.5. The number of hydrogen-bond acceptors (Lipinski definition) is 7. The molecule has 8 nitrogen and oxygen atoms in total. The highest BCUT2D eigenvalue weighted by molar-refractivity contribution is 5.99. The van der Waals surface area contributed by atoms with Crippen molar-refractivity contribution in [1.29, 1.82) is 0 Å². The van der Waals surface area contributed by atoms with Crippen LogP contribution in [0.25, 0.3) is 11.0 Å². The van der Waals surface area contributed by atoms with E-state index in [0.29, 0.717) is 60.1 Å². The minimum atomic E-state index is -0.586. The predicted molar refractivity (Wildman–Crippen MR) is 138 cm³/mol. The lowest BCUT2D eigenvalue weighted by atomic mass is 9.98. The number of amides is 1. The van der Waals surface area contributed by atoms with Crippen molar-refractivity contribution >= 4 is 16.9 Å². The van der Waals surface area contributed by atoms with E-state index in [1.165, 1.54) is 0 Å². The molecular weight excluding hydrogens is 460 g/mol. The Morgan fingerprint density at radius 1 is 0.917 bits per heavy atom. The van der Waals surface area contributed by atoms with Gasteiger partial charge in [0.05, 0.1) is 36.8 Å². The van der Waals surface area contributed by atoms with Crippen molar-refractivity contribution < 1.29 is 23.4 Å². The summed E-state index contributed by atoms with van der Waals surface area (Å²) in [5.74, 6) is 1.59. The summed E-state index contributed by atoms with van der Waals surface area (Å²) < 4.78 is 23.2. The van der Waals surface area contributed by atoms with E-state index in [9.17, 15) is 9.59 Å². The lowest BCUT2D eigenvalue weighted by molar-refractivity contribution is 0.0722. The zero-order chi connectivity index (χ0) is 25.8. The molecule has 0 fully saturated rings. The molecule has 1 atom stereocenters. The van der Waals surface area contributed by atoms with Crippen LogP contribution >= 0.6 is 0 Å². The molecule has 2 heterocycles. The Balaban J connectivity index is 1.87. The fraction of sp³-hybridized carbons (Fsp3) is 0.429. The van der Waals surface area contributed by atoms with Crippen molar-refractivity contribution in [2.75, 3.05) is 47.0 Å². The molecule has 1 aliphatic rings. The first-order valence-electron chi connectivity index (χ1n) is 12.5. The Hall–Kier alpha value is -3.52. The summed E-state index contributed by atoms with van der Waals surface area (Å²) in [6, 6.07) is 10.1. The molecule has 1 unspecified atom stereocenters. The molecule has 4 rings (SSSR count). The third-order valence-corrected chi connectivity index (χ3v) is 6.14. The Labute approximate surface area is 211 Å². The third kappa shape index (κ3) is 4.91. The fourth-order valence-electron chi connectivity index (χ4n) is 4.63. The van der Waals surface area contributed by atoms with Crippen molar-refractivity contribution in [3.8, 4) is 17.2 Å². The highest BCUT2D eigenvalue weighted by Gasteiger charge is 2.42. The Kier molecular flexibility index (Phi) is 7.84. The number of nitrogens with zero attached hydrogens (tertiary/aromatic N) is 2. The van der Waals surface area contributed by atoms with Crippen LogP contribution in [-0.2, 0) is 0 Å². The van der Waals surface area contributed by atoms with Gasteiger partial charge in [-0.1, -0.05) is 6.07 Å². The maximum Gasteiger partial charge on any atom is 0.290 e. The average Bonchev–Trinajstić information content (AvgIpc) is 3.12. The second-order valence-electron chi connectivity index (χ2n) is 8.90. The lowest BCUT2D eigenvalue weighted by Gasteiger charge is -2.26. The SMILES string of the molecule is CCOc1ccc2c(=O)c3c(oc2c1)C(=O)N(CCCN(C)C)C3c1ccc(OCC)c(OCC)c1. The van der Waals surface area contributed by atoms with Crippen LogP contribution < -0.4 is 19.6 Å². The number of ether oxygens (including phenoxy) is 3. The van der Waals surface area contributed by atoms with Crippen molar-refractivity contribution in [3.05, 3.63) is 63.5 Å². The van der Waals surface area contributed by atoms with E-state index >= 15 is 0 Å². The Bertz CT molecular complexity index is 1300. The molecular formula is C28H34N2O6. The number of carbonyl (C=O) groups excluding carboxylic acids is 1. The number of fused-ring (bicyclic) bond motifs is 2. The first-order chi connectivity index (χ1) is 17.4. The van der Waals surface area contributed by atoms with Gasteiger partial charge >= 0.3 is 0 Å². The molecule has 0 N–H and O–H groups in total. The summed E-state index contributed by atoms with van der Waals surface area (Å²) in [4.78, 5) is 31.2. The fourth-order valence-corrected chi connectivity index (χ4v) is 4.63. The van der Waals surface area contributed by atoms with Gasteiger partial charge in [-0.15, -0.1) is 0 Å². The molecule has 0 saturated heterocycles. The highest BCUT2D eigenvalue weighted by atomic mass is 16.5. The van der Waals surface area contributed by atoms with Gasteiger partial charge in [-0.3, -0.25) is 9.59 Å². The van der Waals surface area contributed by atoms with Crippen LogP contribution in [0.3, 0.4) is 0 Å². The van der Waals surface area contributed by atoms with Gasteiger partial charge in [0.2, 0.25) is 5.76 Å².